The number of rotatable bonds is 7. The van der Waals surface area contributed by atoms with E-state index in [1.807, 2.05) is 24.3 Å². The zero-order chi connectivity index (χ0) is 27.6. The maximum Gasteiger partial charge on any atom is 0.239 e. The summed E-state index contributed by atoms with van der Waals surface area (Å²) in [6, 6.07) is 11.0. The van der Waals surface area contributed by atoms with Crippen molar-refractivity contribution in [2.75, 3.05) is 17.2 Å². The fourth-order valence-corrected chi connectivity index (χ4v) is 6.18. The first-order valence-corrected chi connectivity index (χ1v) is 13.8. The van der Waals surface area contributed by atoms with Crippen molar-refractivity contribution < 1.29 is 14.4 Å². The summed E-state index contributed by atoms with van der Waals surface area (Å²) in [5.74, 6) is 0.746. The van der Waals surface area contributed by atoms with Crippen LogP contribution in [0.15, 0.2) is 60.0 Å². The molecule has 1 atom stereocenters. The van der Waals surface area contributed by atoms with Crippen LogP contribution in [0.3, 0.4) is 0 Å². The first-order valence-electron chi connectivity index (χ1n) is 13.8. The maximum atomic E-state index is 13.1. The Bertz CT molecular complexity index is 1480. The zero-order valence-electron chi connectivity index (χ0n) is 22.2. The Labute approximate surface area is 232 Å². The first kappa shape index (κ1) is 25.9. The van der Waals surface area contributed by atoms with Crippen molar-refractivity contribution in [1.29, 1.82) is 0 Å². The van der Waals surface area contributed by atoms with E-state index in [1.54, 1.807) is 30.7 Å². The Morgan fingerprint density at radius 1 is 1.00 bits per heavy atom. The predicted octanol–water partition coefficient (Wildman–Crippen LogP) is 3.13. The number of aldehydes is 1. The van der Waals surface area contributed by atoms with E-state index < -0.39 is 11.1 Å². The normalized spacial score (nSPS) is 21.3. The van der Waals surface area contributed by atoms with Gasteiger partial charge < -0.3 is 10.6 Å². The monoisotopic (exact) mass is 537 g/mol. The molecule has 4 heterocycles. The third-order valence-electron chi connectivity index (χ3n) is 8.21. The van der Waals surface area contributed by atoms with Gasteiger partial charge in [-0.25, -0.2) is 9.97 Å². The fraction of sp³-hybridized carbons (Fsp3) is 0.367. The third-order valence-corrected chi connectivity index (χ3v) is 8.21. The number of aromatic nitrogens is 3. The van der Waals surface area contributed by atoms with Gasteiger partial charge in [0, 0.05) is 24.2 Å². The van der Waals surface area contributed by atoms with E-state index in [0.29, 0.717) is 30.2 Å². The van der Waals surface area contributed by atoms with Gasteiger partial charge >= 0.3 is 0 Å². The summed E-state index contributed by atoms with van der Waals surface area (Å²) < 4.78 is 0. The summed E-state index contributed by atoms with van der Waals surface area (Å²) in [6.07, 6.45) is 12.4. The molecule has 3 aliphatic rings. The van der Waals surface area contributed by atoms with Gasteiger partial charge in [0.05, 0.1) is 17.7 Å². The second kappa shape index (κ2) is 10.7. The number of hydrogen-bond acceptors (Lipinski definition) is 8. The number of aliphatic imine (C=N–C) groups is 1. The molecular formula is C30H31N7O3. The molecule has 2 aliphatic carbocycles. The minimum Gasteiger partial charge on any atom is -0.310 e. The van der Waals surface area contributed by atoms with Crippen molar-refractivity contribution in [2.45, 2.75) is 62.4 Å². The van der Waals surface area contributed by atoms with Crippen LogP contribution in [-0.4, -0.2) is 51.0 Å². The highest BCUT2D eigenvalue weighted by atomic mass is 16.2. The van der Waals surface area contributed by atoms with Gasteiger partial charge in [0.1, 0.15) is 23.0 Å². The number of carbonyl (C=O) groups is 3. The molecule has 3 N–H and O–H groups in total. The highest BCUT2D eigenvalue weighted by molar-refractivity contribution is 6.35. The molecule has 0 aromatic carbocycles. The van der Waals surface area contributed by atoms with Gasteiger partial charge in [-0.05, 0) is 73.9 Å². The van der Waals surface area contributed by atoms with Crippen molar-refractivity contribution in [3.63, 3.8) is 0 Å². The average molecular weight is 538 g/mol. The Hall–Kier alpha value is -4.31. The van der Waals surface area contributed by atoms with Crippen LogP contribution in [0, 0.1) is 0 Å². The van der Waals surface area contributed by atoms with E-state index in [0.717, 1.165) is 61.5 Å². The van der Waals surface area contributed by atoms with Crippen molar-refractivity contribution in [2.24, 2.45) is 4.99 Å². The Morgan fingerprint density at radius 3 is 2.58 bits per heavy atom. The van der Waals surface area contributed by atoms with Gasteiger partial charge in [-0.15, -0.1) is 0 Å². The number of nitrogens with one attached hydrogen (secondary N) is 3. The van der Waals surface area contributed by atoms with E-state index in [9.17, 15) is 14.4 Å². The standard InChI is InChI=1S/C30H31N7O3/c38-19-24(23-9-3-6-12-31-23)37-30(10-4-1-2-5-11-30)34-18-26(39)35-25-14-20-15-29(16-21(20)17-33-25)22-8-7-13-32-27(22)36-28(29)40/h3,6-9,12-14,17,19,34H,1-2,4-5,10-11,15-16,18H2,(H,32,36,40)(H,33,35,39)/b37-24+. The molecule has 0 radical (unpaired) electrons. The molecule has 2 amide bonds. The van der Waals surface area contributed by atoms with Gasteiger partial charge in [-0.3, -0.25) is 29.7 Å². The molecule has 3 aromatic heterocycles. The molecular weight excluding hydrogens is 506 g/mol. The van der Waals surface area contributed by atoms with Crippen LogP contribution in [-0.2, 0) is 32.6 Å². The predicted molar refractivity (Wildman–Crippen MR) is 150 cm³/mol. The van der Waals surface area contributed by atoms with Crippen molar-refractivity contribution in [1.82, 2.24) is 20.3 Å². The lowest BCUT2D eigenvalue weighted by Gasteiger charge is -2.30. The molecule has 204 valence electrons. The first-order chi connectivity index (χ1) is 19.5. The number of amides is 2. The lowest BCUT2D eigenvalue weighted by atomic mass is 9.79. The number of carbonyl (C=O) groups excluding carboxylic acids is 3. The Balaban J connectivity index is 1.16. The Morgan fingerprint density at radius 2 is 1.80 bits per heavy atom. The largest absolute Gasteiger partial charge is 0.310 e. The number of pyridine rings is 3. The molecule has 10 nitrogen and oxygen atoms in total. The number of hydrogen-bond donors (Lipinski definition) is 3. The zero-order valence-corrected chi connectivity index (χ0v) is 22.2. The molecule has 1 aliphatic heterocycles. The molecule has 1 unspecified atom stereocenters. The smallest absolute Gasteiger partial charge is 0.239 e. The molecule has 1 saturated carbocycles. The fourth-order valence-electron chi connectivity index (χ4n) is 6.18. The average Bonchev–Trinajstić information content (AvgIpc) is 3.38. The lowest BCUT2D eigenvalue weighted by Crippen LogP contribution is -2.47. The molecule has 0 saturated heterocycles. The minimum atomic E-state index is -0.726. The van der Waals surface area contributed by atoms with Crippen LogP contribution in [0.1, 0.15) is 60.9 Å². The second-order valence-corrected chi connectivity index (χ2v) is 10.8. The van der Waals surface area contributed by atoms with Gasteiger partial charge in [0.25, 0.3) is 0 Å². The van der Waals surface area contributed by atoms with Gasteiger partial charge in [-0.2, -0.15) is 0 Å². The van der Waals surface area contributed by atoms with Crippen molar-refractivity contribution in [3.05, 3.63) is 77.4 Å². The molecule has 6 rings (SSSR count). The van der Waals surface area contributed by atoms with E-state index in [-0.39, 0.29) is 24.1 Å². The highest BCUT2D eigenvalue weighted by Crippen LogP contribution is 2.46. The molecule has 1 fully saturated rings. The second-order valence-electron chi connectivity index (χ2n) is 10.8. The SMILES string of the molecule is O=C/C(=N\C1(NCC(=O)Nc2cc3c(cn2)CC2(C3)C(=O)Nc3ncccc32)CCCCCC1)c1ccccn1. The quantitative estimate of drug-likeness (QED) is 0.239. The van der Waals surface area contributed by atoms with E-state index >= 15 is 0 Å². The van der Waals surface area contributed by atoms with E-state index in [1.165, 1.54) is 0 Å². The number of anilines is 2. The van der Waals surface area contributed by atoms with Gasteiger partial charge in [0.2, 0.25) is 11.8 Å². The summed E-state index contributed by atoms with van der Waals surface area (Å²) in [5.41, 5.74) is 2.26. The summed E-state index contributed by atoms with van der Waals surface area (Å²) in [7, 11) is 0. The molecule has 40 heavy (non-hydrogen) atoms. The highest BCUT2D eigenvalue weighted by Gasteiger charge is 2.51. The molecule has 1 spiro atoms. The van der Waals surface area contributed by atoms with Crippen LogP contribution < -0.4 is 16.0 Å². The van der Waals surface area contributed by atoms with E-state index in [4.69, 9.17) is 4.99 Å². The summed E-state index contributed by atoms with van der Waals surface area (Å²) in [4.78, 5) is 55.9. The minimum absolute atomic E-state index is 0.0159. The van der Waals surface area contributed by atoms with Crippen LogP contribution in [0.5, 0.6) is 0 Å². The Kier molecular flexibility index (Phi) is 6.93. The molecule has 3 aromatic rings. The topological polar surface area (TPSA) is 138 Å². The molecule has 10 heteroatoms. The van der Waals surface area contributed by atoms with E-state index in [2.05, 4.69) is 30.9 Å². The van der Waals surface area contributed by atoms with Crippen molar-refractivity contribution >= 4 is 35.4 Å². The number of nitrogens with zero attached hydrogens (tertiary/aromatic N) is 4. The van der Waals surface area contributed by atoms with Crippen LogP contribution in [0.4, 0.5) is 11.6 Å². The van der Waals surface area contributed by atoms with Gasteiger partial charge in [-0.1, -0.05) is 25.0 Å². The van der Waals surface area contributed by atoms with Crippen LogP contribution in [0.2, 0.25) is 0 Å². The summed E-state index contributed by atoms with van der Waals surface area (Å²) in [6.45, 7) is 0.0159. The van der Waals surface area contributed by atoms with Crippen LogP contribution >= 0.6 is 0 Å². The summed E-state index contributed by atoms with van der Waals surface area (Å²) in [5, 5.41) is 9.17. The molecule has 0 bridgehead atoms. The summed E-state index contributed by atoms with van der Waals surface area (Å²) >= 11 is 0. The maximum absolute atomic E-state index is 13.1. The van der Waals surface area contributed by atoms with Gasteiger partial charge in [0.15, 0.2) is 6.29 Å². The third kappa shape index (κ3) is 4.90. The van der Waals surface area contributed by atoms with Crippen molar-refractivity contribution in [3.8, 4) is 0 Å². The number of fused-ring (bicyclic) bond motifs is 3. The lowest BCUT2D eigenvalue weighted by molar-refractivity contribution is -0.120. The van der Waals surface area contributed by atoms with Crippen LogP contribution in [0.25, 0.3) is 0 Å².